The van der Waals surface area contributed by atoms with Crippen molar-refractivity contribution in [2.75, 3.05) is 0 Å². The van der Waals surface area contributed by atoms with Crippen LogP contribution in [-0.4, -0.2) is 26.7 Å². The zero-order valence-corrected chi connectivity index (χ0v) is 13.4. The molecular weight excluding hydrogens is 273 g/mol. The second kappa shape index (κ2) is 5.64. The SMILES string of the molecule is C[C@@H](c1ccc(C(C)(C)O)cc1F)N(C(=O)O)C(C)(C)C. The summed E-state index contributed by atoms with van der Waals surface area (Å²) < 4.78 is 14.3. The third-order valence-corrected chi connectivity index (χ3v) is 3.47. The van der Waals surface area contributed by atoms with Crippen LogP contribution in [-0.2, 0) is 5.60 Å². The van der Waals surface area contributed by atoms with E-state index in [1.165, 1.54) is 17.0 Å². The van der Waals surface area contributed by atoms with E-state index in [9.17, 15) is 19.4 Å². The maximum absolute atomic E-state index is 14.3. The average molecular weight is 297 g/mol. The molecular formula is C16H24FNO3. The van der Waals surface area contributed by atoms with Gasteiger partial charge >= 0.3 is 6.09 Å². The Kier molecular flexibility index (Phi) is 4.68. The number of carboxylic acid groups (broad SMARTS) is 1. The summed E-state index contributed by atoms with van der Waals surface area (Å²) in [5, 5.41) is 19.3. The van der Waals surface area contributed by atoms with Crippen LogP contribution in [0.15, 0.2) is 18.2 Å². The lowest BCUT2D eigenvalue weighted by atomic mass is 9.94. The van der Waals surface area contributed by atoms with E-state index < -0.39 is 29.1 Å². The Morgan fingerprint density at radius 3 is 2.10 bits per heavy atom. The molecule has 1 atom stereocenters. The molecule has 0 spiro atoms. The lowest BCUT2D eigenvalue weighted by Crippen LogP contribution is -2.46. The fourth-order valence-corrected chi connectivity index (χ4v) is 2.42. The predicted molar refractivity (Wildman–Crippen MR) is 79.7 cm³/mol. The Morgan fingerprint density at radius 1 is 1.24 bits per heavy atom. The van der Waals surface area contributed by atoms with E-state index in [0.717, 1.165) is 0 Å². The van der Waals surface area contributed by atoms with E-state index >= 15 is 0 Å². The highest BCUT2D eigenvalue weighted by molar-refractivity contribution is 5.66. The Bertz CT molecular complexity index is 529. The van der Waals surface area contributed by atoms with Crippen molar-refractivity contribution in [2.45, 2.75) is 58.7 Å². The van der Waals surface area contributed by atoms with Gasteiger partial charge in [-0.15, -0.1) is 0 Å². The van der Waals surface area contributed by atoms with Crippen molar-refractivity contribution in [2.24, 2.45) is 0 Å². The monoisotopic (exact) mass is 297 g/mol. The van der Waals surface area contributed by atoms with E-state index in [1.807, 2.05) is 0 Å². The van der Waals surface area contributed by atoms with Crippen molar-refractivity contribution >= 4 is 6.09 Å². The number of hydrogen-bond donors (Lipinski definition) is 2. The normalized spacial score (nSPS) is 13.9. The van der Waals surface area contributed by atoms with Crippen LogP contribution in [0.3, 0.4) is 0 Å². The minimum absolute atomic E-state index is 0.292. The third-order valence-electron chi connectivity index (χ3n) is 3.47. The van der Waals surface area contributed by atoms with E-state index in [1.54, 1.807) is 47.6 Å². The Labute approximate surface area is 125 Å². The van der Waals surface area contributed by atoms with Crippen LogP contribution in [0.4, 0.5) is 9.18 Å². The van der Waals surface area contributed by atoms with Crippen molar-refractivity contribution in [1.29, 1.82) is 0 Å². The minimum Gasteiger partial charge on any atom is -0.465 e. The van der Waals surface area contributed by atoms with Gasteiger partial charge in [-0.05, 0) is 53.2 Å². The van der Waals surface area contributed by atoms with Crippen molar-refractivity contribution < 1.29 is 19.4 Å². The highest BCUT2D eigenvalue weighted by Crippen LogP contribution is 2.31. The smallest absolute Gasteiger partial charge is 0.408 e. The molecule has 118 valence electrons. The van der Waals surface area contributed by atoms with Crippen molar-refractivity contribution in [3.63, 3.8) is 0 Å². The fourth-order valence-electron chi connectivity index (χ4n) is 2.42. The van der Waals surface area contributed by atoms with E-state index in [0.29, 0.717) is 11.1 Å². The van der Waals surface area contributed by atoms with Crippen molar-refractivity contribution in [3.8, 4) is 0 Å². The van der Waals surface area contributed by atoms with Gasteiger partial charge in [0.25, 0.3) is 0 Å². The van der Waals surface area contributed by atoms with Crippen LogP contribution < -0.4 is 0 Å². The van der Waals surface area contributed by atoms with Crippen LogP contribution in [0.1, 0.15) is 58.7 Å². The standard InChI is InChI=1S/C16H24FNO3/c1-10(18(14(19)20)15(2,3)4)12-8-7-11(9-13(12)17)16(5,6)21/h7-10,21H,1-6H3,(H,19,20)/t10-/m0/s1. The summed E-state index contributed by atoms with van der Waals surface area (Å²) in [4.78, 5) is 12.7. The molecule has 0 aliphatic carbocycles. The molecule has 5 heteroatoms. The number of nitrogens with zero attached hydrogens (tertiary/aromatic N) is 1. The summed E-state index contributed by atoms with van der Waals surface area (Å²) in [7, 11) is 0. The van der Waals surface area contributed by atoms with Crippen molar-refractivity contribution in [3.05, 3.63) is 35.1 Å². The molecule has 0 fully saturated rings. The minimum atomic E-state index is -1.14. The molecule has 1 amide bonds. The predicted octanol–water partition coefficient (Wildman–Crippen LogP) is 3.89. The van der Waals surface area contributed by atoms with Gasteiger partial charge in [-0.25, -0.2) is 9.18 Å². The highest BCUT2D eigenvalue weighted by Gasteiger charge is 2.33. The summed E-state index contributed by atoms with van der Waals surface area (Å²) >= 11 is 0. The first kappa shape index (κ1) is 17.4. The molecule has 1 rings (SSSR count). The topological polar surface area (TPSA) is 60.8 Å². The van der Waals surface area contributed by atoms with Gasteiger partial charge in [-0.1, -0.05) is 12.1 Å². The molecule has 1 aromatic rings. The molecule has 21 heavy (non-hydrogen) atoms. The number of halogens is 1. The number of amides is 1. The molecule has 0 saturated heterocycles. The summed E-state index contributed by atoms with van der Waals surface area (Å²) in [5.74, 6) is -0.516. The average Bonchev–Trinajstić information content (AvgIpc) is 2.24. The Hall–Kier alpha value is -1.62. The lowest BCUT2D eigenvalue weighted by Gasteiger charge is -2.38. The molecule has 0 aromatic heterocycles. The molecule has 0 radical (unpaired) electrons. The molecule has 0 saturated carbocycles. The van der Waals surface area contributed by atoms with Gasteiger partial charge in [0.15, 0.2) is 0 Å². The molecule has 0 heterocycles. The highest BCUT2D eigenvalue weighted by atomic mass is 19.1. The molecule has 0 unspecified atom stereocenters. The largest absolute Gasteiger partial charge is 0.465 e. The molecule has 1 aromatic carbocycles. The van der Waals surface area contributed by atoms with E-state index in [-0.39, 0.29) is 0 Å². The van der Waals surface area contributed by atoms with Gasteiger partial charge in [0.2, 0.25) is 0 Å². The van der Waals surface area contributed by atoms with E-state index in [4.69, 9.17) is 0 Å². The number of benzene rings is 1. The molecule has 0 aliphatic rings. The summed E-state index contributed by atoms with van der Waals surface area (Å²) in [6, 6.07) is 3.79. The second-order valence-corrected chi connectivity index (χ2v) is 6.79. The van der Waals surface area contributed by atoms with Crippen LogP contribution in [0.2, 0.25) is 0 Å². The van der Waals surface area contributed by atoms with Crippen LogP contribution in [0.25, 0.3) is 0 Å². The maximum Gasteiger partial charge on any atom is 0.408 e. The Morgan fingerprint density at radius 2 is 1.76 bits per heavy atom. The van der Waals surface area contributed by atoms with Crippen LogP contribution >= 0.6 is 0 Å². The summed E-state index contributed by atoms with van der Waals surface area (Å²) in [5.41, 5.74) is -1.04. The first-order valence-electron chi connectivity index (χ1n) is 6.90. The van der Waals surface area contributed by atoms with Gasteiger partial charge in [0.05, 0.1) is 11.6 Å². The number of hydrogen-bond acceptors (Lipinski definition) is 2. The second-order valence-electron chi connectivity index (χ2n) is 6.79. The maximum atomic E-state index is 14.3. The quantitative estimate of drug-likeness (QED) is 0.889. The number of rotatable bonds is 3. The first-order valence-corrected chi connectivity index (χ1v) is 6.90. The Balaban J connectivity index is 3.24. The third kappa shape index (κ3) is 3.94. The summed E-state index contributed by atoms with van der Waals surface area (Å²) in [6.45, 7) is 10.1. The molecule has 0 bridgehead atoms. The van der Waals surface area contributed by atoms with Crippen LogP contribution in [0.5, 0.6) is 0 Å². The van der Waals surface area contributed by atoms with Gasteiger partial charge in [-0.2, -0.15) is 0 Å². The van der Waals surface area contributed by atoms with Crippen molar-refractivity contribution in [1.82, 2.24) is 4.90 Å². The first-order chi connectivity index (χ1) is 9.35. The van der Waals surface area contributed by atoms with Gasteiger partial charge in [0, 0.05) is 11.1 Å². The fraction of sp³-hybridized carbons (Fsp3) is 0.562. The summed E-state index contributed by atoms with van der Waals surface area (Å²) in [6.07, 6.45) is -1.10. The molecule has 0 aliphatic heterocycles. The van der Waals surface area contributed by atoms with Crippen LogP contribution in [0, 0.1) is 5.82 Å². The van der Waals surface area contributed by atoms with Gasteiger partial charge < -0.3 is 10.2 Å². The lowest BCUT2D eigenvalue weighted by molar-refractivity contribution is 0.0724. The van der Waals surface area contributed by atoms with Gasteiger partial charge in [0.1, 0.15) is 5.82 Å². The molecule has 2 N–H and O–H groups in total. The zero-order chi connectivity index (χ0) is 16.6. The van der Waals surface area contributed by atoms with Gasteiger partial charge in [-0.3, -0.25) is 4.90 Å². The zero-order valence-electron chi connectivity index (χ0n) is 13.4. The molecule has 4 nitrogen and oxygen atoms in total. The van der Waals surface area contributed by atoms with E-state index in [2.05, 4.69) is 0 Å². The number of carbonyl (C=O) groups is 1. The number of aliphatic hydroxyl groups is 1.